The summed E-state index contributed by atoms with van der Waals surface area (Å²) in [6.45, 7) is 4.02. The van der Waals surface area contributed by atoms with Crippen LogP contribution in [0.5, 0.6) is 0 Å². The van der Waals surface area contributed by atoms with Crippen molar-refractivity contribution in [2.45, 2.75) is 12.8 Å². The maximum atomic E-state index is 8.09. The predicted molar refractivity (Wildman–Crippen MR) is 59.9 cm³/mol. The molecule has 14 heavy (non-hydrogen) atoms. The highest BCUT2D eigenvalue weighted by atomic mass is 16.3. The molecule has 0 radical (unpaired) electrons. The number of aliphatic hydroxyl groups is 2. The van der Waals surface area contributed by atoms with Gasteiger partial charge < -0.3 is 10.2 Å². The SMILES string of the molecule is C=Cc1ccccc1.OCCCCO. The normalized spacial score (nSPS) is 8.71. The summed E-state index contributed by atoms with van der Waals surface area (Å²) in [6.07, 6.45) is 3.27. The molecule has 0 heterocycles. The molecule has 2 N–H and O–H groups in total. The van der Waals surface area contributed by atoms with E-state index in [9.17, 15) is 0 Å². The first kappa shape index (κ1) is 12.9. The summed E-state index contributed by atoms with van der Waals surface area (Å²) < 4.78 is 0. The Morgan fingerprint density at radius 2 is 1.50 bits per heavy atom. The Kier molecular flexibility index (Phi) is 9.17. The number of hydrogen-bond donors (Lipinski definition) is 2. The van der Waals surface area contributed by atoms with E-state index >= 15 is 0 Å². The Labute approximate surface area is 85.5 Å². The number of unbranched alkanes of at least 4 members (excludes halogenated alkanes) is 1. The molecule has 0 spiro atoms. The van der Waals surface area contributed by atoms with Crippen molar-refractivity contribution < 1.29 is 10.2 Å². The summed E-state index contributed by atoms with van der Waals surface area (Å²) in [7, 11) is 0. The van der Waals surface area contributed by atoms with Gasteiger partial charge in [-0.1, -0.05) is 43.0 Å². The zero-order valence-corrected chi connectivity index (χ0v) is 8.39. The third-order valence-corrected chi connectivity index (χ3v) is 1.60. The molecule has 1 aromatic rings. The van der Waals surface area contributed by atoms with E-state index in [1.807, 2.05) is 36.4 Å². The topological polar surface area (TPSA) is 40.5 Å². The maximum absolute atomic E-state index is 8.09. The monoisotopic (exact) mass is 194 g/mol. The fourth-order valence-electron chi connectivity index (χ4n) is 0.813. The predicted octanol–water partition coefficient (Wildman–Crippen LogP) is 2.08. The molecule has 0 atom stereocenters. The molecule has 78 valence electrons. The molecular weight excluding hydrogens is 176 g/mol. The molecule has 2 nitrogen and oxygen atoms in total. The van der Waals surface area contributed by atoms with Crippen molar-refractivity contribution in [3.8, 4) is 0 Å². The minimum atomic E-state index is 0.195. The van der Waals surface area contributed by atoms with Gasteiger partial charge in [0.1, 0.15) is 0 Å². The van der Waals surface area contributed by atoms with E-state index in [0.29, 0.717) is 0 Å². The van der Waals surface area contributed by atoms with Gasteiger partial charge in [0.15, 0.2) is 0 Å². The van der Waals surface area contributed by atoms with Gasteiger partial charge in [-0.3, -0.25) is 0 Å². The van der Waals surface area contributed by atoms with Gasteiger partial charge >= 0.3 is 0 Å². The second-order valence-corrected chi connectivity index (χ2v) is 2.77. The molecule has 0 amide bonds. The largest absolute Gasteiger partial charge is 0.396 e. The van der Waals surface area contributed by atoms with Crippen LogP contribution in [0.15, 0.2) is 36.9 Å². The zero-order chi connectivity index (χ0) is 10.6. The molecule has 1 aromatic carbocycles. The lowest BCUT2D eigenvalue weighted by molar-refractivity contribution is 0.242. The third-order valence-electron chi connectivity index (χ3n) is 1.60. The standard InChI is InChI=1S/C8H8.C4H10O2/c1-2-8-6-4-3-5-7-8;5-3-1-2-4-6/h2-7H,1H2;5-6H,1-4H2. The molecule has 0 aliphatic rings. The minimum absolute atomic E-state index is 0.195. The van der Waals surface area contributed by atoms with Crippen LogP contribution in [0.1, 0.15) is 18.4 Å². The van der Waals surface area contributed by atoms with Crippen LogP contribution in [0.25, 0.3) is 6.08 Å². The van der Waals surface area contributed by atoms with Crippen molar-refractivity contribution in [2.24, 2.45) is 0 Å². The molecule has 0 aliphatic heterocycles. The van der Waals surface area contributed by atoms with Crippen LogP contribution < -0.4 is 0 Å². The molecule has 0 fully saturated rings. The summed E-state index contributed by atoms with van der Waals surface area (Å²) in [4.78, 5) is 0. The number of aliphatic hydroxyl groups excluding tert-OH is 2. The van der Waals surface area contributed by atoms with Gasteiger partial charge in [0.2, 0.25) is 0 Å². The van der Waals surface area contributed by atoms with Crippen molar-refractivity contribution in [3.05, 3.63) is 42.5 Å². The number of benzene rings is 1. The molecule has 0 saturated heterocycles. The fourth-order valence-corrected chi connectivity index (χ4v) is 0.813. The van der Waals surface area contributed by atoms with Crippen molar-refractivity contribution in [3.63, 3.8) is 0 Å². The highest BCUT2D eigenvalue weighted by Gasteiger charge is 1.77. The van der Waals surface area contributed by atoms with E-state index in [-0.39, 0.29) is 13.2 Å². The minimum Gasteiger partial charge on any atom is -0.396 e. The van der Waals surface area contributed by atoms with E-state index in [1.54, 1.807) is 0 Å². The van der Waals surface area contributed by atoms with Gasteiger partial charge in [0.05, 0.1) is 0 Å². The van der Waals surface area contributed by atoms with Crippen LogP contribution >= 0.6 is 0 Å². The van der Waals surface area contributed by atoms with Crippen LogP contribution in [-0.4, -0.2) is 23.4 Å². The second kappa shape index (κ2) is 9.96. The zero-order valence-electron chi connectivity index (χ0n) is 8.39. The Hall–Kier alpha value is -1.12. The Bertz CT molecular complexity index is 215. The lowest BCUT2D eigenvalue weighted by Gasteiger charge is -1.85. The van der Waals surface area contributed by atoms with Gasteiger partial charge in [0, 0.05) is 13.2 Å². The smallest absolute Gasteiger partial charge is 0.0431 e. The quantitative estimate of drug-likeness (QED) is 0.720. The van der Waals surface area contributed by atoms with Gasteiger partial charge in [-0.2, -0.15) is 0 Å². The van der Waals surface area contributed by atoms with Crippen LogP contribution in [0.3, 0.4) is 0 Å². The molecular formula is C12H18O2. The molecule has 0 saturated carbocycles. The Morgan fingerprint density at radius 1 is 1.00 bits per heavy atom. The lowest BCUT2D eigenvalue weighted by atomic mass is 10.2. The van der Waals surface area contributed by atoms with E-state index in [4.69, 9.17) is 10.2 Å². The van der Waals surface area contributed by atoms with Gasteiger partial charge in [-0.05, 0) is 18.4 Å². The Morgan fingerprint density at radius 3 is 1.79 bits per heavy atom. The van der Waals surface area contributed by atoms with E-state index in [1.165, 1.54) is 5.56 Å². The first-order valence-corrected chi connectivity index (χ1v) is 4.74. The van der Waals surface area contributed by atoms with E-state index in [0.717, 1.165) is 12.8 Å². The molecule has 2 heteroatoms. The average Bonchev–Trinajstić information content (AvgIpc) is 2.28. The van der Waals surface area contributed by atoms with E-state index < -0.39 is 0 Å². The summed E-state index contributed by atoms with van der Waals surface area (Å²) in [5, 5.41) is 16.2. The summed E-state index contributed by atoms with van der Waals surface area (Å²) >= 11 is 0. The maximum Gasteiger partial charge on any atom is 0.0431 e. The molecule has 0 bridgehead atoms. The molecule has 0 unspecified atom stereocenters. The van der Waals surface area contributed by atoms with Crippen LogP contribution in [0.2, 0.25) is 0 Å². The summed E-state index contributed by atoms with van der Waals surface area (Å²) in [5.41, 5.74) is 1.17. The van der Waals surface area contributed by atoms with Crippen molar-refractivity contribution in [1.82, 2.24) is 0 Å². The Balaban J connectivity index is 0.000000255. The first-order chi connectivity index (χ1) is 6.85. The van der Waals surface area contributed by atoms with E-state index in [2.05, 4.69) is 6.58 Å². The van der Waals surface area contributed by atoms with Gasteiger partial charge in [-0.25, -0.2) is 0 Å². The highest BCUT2D eigenvalue weighted by molar-refractivity contribution is 5.45. The van der Waals surface area contributed by atoms with Crippen LogP contribution in [-0.2, 0) is 0 Å². The van der Waals surface area contributed by atoms with Gasteiger partial charge in [0.25, 0.3) is 0 Å². The van der Waals surface area contributed by atoms with Gasteiger partial charge in [-0.15, -0.1) is 0 Å². The second-order valence-electron chi connectivity index (χ2n) is 2.77. The van der Waals surface area contributed by atoms with Crippen LogP contribution in [0.4, 0.5) is 0 Å². The lowest BCUT2D eigenvalue weighted by Crippen LogP contribution is -1.85. The third kappa shape index (κ3) is 7.53. The number of hydrogen-bond acceptors (Lipinski definition) is 2. The first-order valence-electron chi connectivity index (χ1n) is 4.74. The average molecular weight is 194 g/mol. The van der Waals surface area contributed by atoms with Crippen molar-refractivity contribution >= 4 is 6.08 Å². The van der Waals surface area contributed by atoms with Crippen LogP contribution in [0, 0.1) is 0 Å². The van der Waals surface area contributed by atoms with Crippen molar-refractivity contribution in [1.29, 1.82) is 0 Å². The molecule has 1 rings (SSSR count). The number of rotatable bonds is 4. The molecule has 0 aromatic heterocycles. The highest BCUT2D eigenvalue weighted by Crippen LogP contribution is 1.97. The molecule has 0 aliphatic carbocycles. The summed E-state index contributed by atoms with van der Waals surface area (Å²) in [6, 6.07) is 10.0. The van der Waals surface area contributed by atoms with Crippen molar-refractivity contribution in [2.75, 3.05) is 13.2 Å². The fraction of sp³-hybridized carbons (Fsp3) is 0.333. The summed E-state index contributed by atoms with van der Waals surface area (Å²) in [5.74, 6) is 0.